The summed E-state index contributed by atoms with van der Waals surface area (Å²) in [5, 5.41) is 3.47. The maximum atomic E-state index is 11.4. The Kier molecular flexibility index (Phi) is 7.69. The van der Waals surface area contributed by atoms with E-state index in [1.165, 1.54) is 38.5 Å². The van der Waals surface area contributed by atoms with E-state index < -0.39 is 0 Å². The van der Waals surface area contributed by atoms with E-state index in [9.17, 15) is 4.79 Å². The Morgan fingerprint density at radius 1 is 1.35 bits per heavy atom. The van der Waals surface area contributed by atoms with Crippen LogP contribution in [0.15, 0.2) is 0 Å². The molecule has 0 heterocycles. The van der Waals surface area contributed by atoms with E-state index in [2.05, 4.69) is 12.2 Å². The second-order valence-corrected chi connectivity index (χ2v) is 6.19. The molecule has 1 unspecified atom stereocenters. The first-order valence-electron chi connectivity index (χ1n) is 6.87. The highest BCUT2D eigenvalue weighted by atomic mass is 32.2. The molecule has 1 aliphatic rings. The summed E-state index contributed by atoms with van der Waals surface area (Å²) < 4.78 is 0. The topological polar surface area (TPSA) is 55.1 Å². The first kappa shape index (κ1) is 14.8. The molecule has 0 spiro atoms. The highest BCUT2D eigenvalue weighted by Crippen LogP contribution is 2.18. The molecule has 0 bridgehead atoms. The van der Waals surface area contributed by atoms with Crippen molar-refractivity contribution in [3.8, 4) is 0 Å². The molecule has 1 atom stereocenters. The van der Waals surface area contributed by atoms with Crippen LogP contribution in [0.1, 0.15) is 51.9 Å². The van der Waals surface area contributed by atoms with Crippen molar-refractivity contribution in [3.05, 3.63) is 0 Å². The van der Waals surface area contributed by atoms with Crippen LogP contribution in [0.4, 0.5) is 0 Å². The normalized spacial score (nSPS) is 19.8. The number of nitrogens with one attached hydrogen (secondary N) is 1. The molecule has 0 radical (unpaired) electrons. The highest BCUT2D eigenvalue weighted by molar-refractivity contribution is 7.99. The molecule has 1 amide bonds. The lowest BCUT2D eigenvalue weighted by molar-refractivity contribution is -0.120. The van der Waals surface area contributed by atoms with Gasteiger partial charge in [-0.3, -0.25) is 4.79 Å². The minimum atomic E-state index is -0.189. The summed E-state index contributed by atoms with van der Waals surface area (Å²) in [5.41, 5.74) is 5.46. The molecule has 0 aromatic heterocycles. The van der Waals surface area contributed by atoms with Gasteiger partial charge in [-0.15, -0.1) is 0 Å². The Bertz CT molecular complexity index is 215. The molecule has 3 nitrogen and oxygen atoms in total. The first-order chi connectivity index (χ1) is 8.24. The van der Waals surface area contributed by atoms with Gasteiger partial charge in [-0.1, -0.05) is 32.6 Å². The standard InChI is InChI=1S/C13H26N2OS/c1-2-17-10-9-12(13(14)16)15-11-7-5-3-4-6-8-11/h11-12,15H,2-10H2,1H3,(H2,14,16). The number of hydrogen-bond donors (Lipinski definition) is 2. The summed E-state index contributed by atoms with van der Waals surface area (Å²) in [6, 6.07) is 0.374. The number of hydrogen-bond acceptors (Lipinski definition) is 3. The third kappa shape index (κ3) is 6.32. The molecule has 17 heavy (non-hydrogen) atoms. The van der Waals surface area contributed by atoms with E-state index in [0.29, 0.717) is 6.04 Å². The van der Waals surface area contributed by atoms with E-state index in [1.807, 2.05) is 11.8 Å². The molecule has 1 rings (SSSR count). The second kappa shape index (κ2) is 8.81. The molecule has 1 aliphatic carbocycles. The Labute approximate surface area is 109 Å². The maximum absolute atomic E-state index is 11.4. The van der Waals surface area contributed by atoms with Crippen molar-refractivity contribution in [1.82, 2.24) is 5.32 Å². The van der Waals surface area contributed by atoms with Crippen LogP contribution in [0.2, 0.25) is 0 Å². The fourth-order valence-electron chi connectivity index (χ4n) is 2.38. The van der Waals surface area contributed by atoms with Crippen LogP contribution in [0.25, 0.3) is 0 Å². The summed E-state index contributed by atoms with van der Waals surface area (Å²) in [6.45, 7) is 2.14. The average Bonchev–Trinajstić information content (AvgIpc) is 2.56. The monoisotopic (exact) mass is 258 g/mol. The number of amides is 1. The molecule has 0 aromatic carbocycles. The van der Waals surface area contributed by atoms with Crippen LogP contribution in [0.5, 0.6) is 0 Å². The van der Waals surface area contributed by atoms with Gasteiger partial charge in [0.1, 0.15) is 0 Å². The maximum Gasteiger partial charge on any atom is 0.234 e. The van der Waals surface area contributed by atoms with Gasteiger partial charge >= 0.3 is 0 Å². The van der Waals surface area contributed by atoms with Crippen LogP contribution in [0, 0.1) is 0 Å². The zero-order valence-corrected chi connectivity index (χ0v) is 11.7. The Morgan fingerprint density at radius 3 is 2.53 bits per heavy atom. The minimum Gasteiger partial charge on any atom is -0.368 e. The van der Waals surface area contributed by atoms with Gasteiger partial charge in [0.25, 0.3) is 0 Å². The fourth-order valence-corrected chi connectivity index (χ4v) is 3.07. The molecule has 3 N–H and O–H groups in total. The summed E-state index contributed by atoms with van der Waals surface area (Å²) in [4.78, 5) is 11.4. The predicted molar refractivity (Wildman–Crippen MR) is 75.2 cm³/mol. The average molecular weight is 258 g/mol. The van der Waals surface area contributed by atoms with Crippen molar-refractivity contribution >= 4 is 17.7 Å². The van der Waals surface area contributed by atoms with Crippen LogP contribution < -0.4 is 11.1 Å². The van der Waals surface area contributed by atoms with Gasteiger partial charge in [0, 0.05) is 6.04 Å². The summed E-state index contributed by atoms with van der Waals surface area (Å²) >= 11 is 1.87. The van der Waals surface area contributed by atoms with Crippen molar-refractivity contribution in [2.24, 2.45) is 5.73 Å². The van der Waals surface area contributed by atoms with Crippen LogP contribution in [0.3, 0.4) is 0 Å². The largest absolute Gasteiger partial charge is 0.368 e. The zero-order chi connectivity index (χ0) is 12.5. The highest BCUT2D eigenvalue weighted by Gasteiger charge is 2.20. The van der Waals surface area contributed by atoms with Gasteiger partial charge in [-0.25, -0.2) is 0 Å². The number of primary amides is 1. The number of nitrogens with two attached hydrogens (primary N) is 1. The van der Waals surface area contributed by atoms with Gasteiger partial charge in [0.05, 0.1) is 6.04 Å². The lowest BCUT2D eigenvalue weighted by atomic mass is 10.1. The van der Waals surface area contributed by atoms with Crippen LogP contribution in [-0.4, -0.2) is 29.5 Å². The van der Waals surface area contributed by atoms with Gasteiger partial charge < -0.3 is 11.1 Å². The van der Waals surface area contributed by atoms with E-state index in [1.54, 1.807) is 0 Å². The molecule has 0 aliphatic heterocycles. The molecule has 0 aromatic rings. The van der Waals surface area contributed by atoms with Crippen molar-refractivity contribution in [3.63, 3.8) is 0 Å². The molecular weight excluding hydrogens is 232 g/mol. The van der Waals surface area contributed by atoms with Crippen molar-refractivity contribution in [1.29, 1.82) is 0 Å². The van der Waals surface area contributed by atoms with Crippen molar-refractivity contribution in [2.75, 3.05) is 11.5 Å². The van der Waals surface area contributed by atoms with E-state index >= 15 is 0 Å². The molecule has 1 saturated carbocycles. The number of carbonyl (C=O) groups excluding carboxylic acids is 1. The van der Waals surface area contributed by atoms with Gasteiger partial charge in [0.2, 0.25) is 5.91 Å². The third-order valence-electron chi connectivity index (χ3n) is 3.39. The number of carbonyl (C=O) groups is 1. The Morgan fingerprint density at radius 2 is 2.00 bits per heavy atom. The zero-order valence-electron chi connectivity index (χ0n) is 10.9. The molecule has 1 fully saturated rings. The van der Waals surface area contributed by atoms with Gasteiger partial charge in [0.15, 0.2) is 0 Å². The van der Waals surface area contributed by atoms with Crippen molar-refractivity contribution in [2.45, 2.75) is 64.0 Å². The van der Waals surface area contributed by atoms with E-state index in [4.69, 9.17) is 5.73 Å². The third-order valence-corrected chi connectivity index (χ3v) is 4.32. The fraction of sp³-hybridized carbons (Fsp3) is 0.923. The summed E-state index contributed by atoms with van der Waals surface area (Å²) in [5.74, 6) is 1.93. The summed E-state index contributed by atoms with van der Waals surface area (Å²) in [7, 11) is 0. The smallest absolute Gasteiger partial charge is 0.234 e. The van der Waals surface area contributed by atoms with Crippen LogP contribution in [-0.2, 0) is 4.79 Å². The van der Waals surface area contributed by atoms with E-state index in [-0.39, 0.29) is 11.9 Å². The number of thioether (sulfide) groups is 1. The van der Waals surface area contributed by atoms with Crippen molar-refractivity contribution < 1.29 is 4.79 Å². The minimum absolute atomic E-state index is 0.128. The molecule has 0 saturated heterocycles. The molecular formula is C13H26N2OS. The predicted octanol–water partition coefficient (Wildman–Crippen LogP) is 2.30. The Hall–Kier alpha value is -0.220. The van der Waals surface area contributed by atoms with Gasteiger partial charge in [-0.05, 0) is 30.8 Å². The summed E-state index contributed by atoms with van der Waals surface area (Å²) in [6.07, 6.45) is 8.51. The van der Waals surface area contributed by atoms with E-state index in [0.717, 1.165) is 17.9 Å². The lowest BCUT2D eigenvalue weighted by Gasteiger charge is -2.22. The lowest BCUT2D eigenvalue weighted by Crippen LogP contribution is -2.46. The number of rotatable bonds is 7. The second-order valence-electron chi connectivity index (χ2n) is 4.80. The Balaban J connectivity index is 2.33. The van der Waals surface area contributed by atoms with Gasteiger partial charge in [-0.2, -0.15) is 11.8 Å². The van der Waals surface area contributed by atoms with Crippen LogP contribution >= 0.6 is 11.8 Å². The first-order valence-corrected chi connectivity index (χ1v) is 8.02. The molecule has 100 valence electrons. The SMILES string of the molecule is CCSCCC(NC1CCCCCC1)C(N)=O. The quantitative estimate of drug-likeness (QED) is 0.544. The molecule has 4 heteroatoms.